The Morgan fingerprint density at radius 1 is 1.15 bits per heavy atom. The van der Waals surface area contributed by atoms with Gasteiger partial charge in [0.15, 0.2) is 5.69 Å². The Bertz CT molecular complexity index is 959. The second kappa shape index (κ2) is 7.27. The molecule has 1 saturated carbocycles. The van der Waals surface area contributed by atoms with Crippen molar-refractivity contribution < 1.29 is 4.79 Å². The molecule has 0 saturated heterocycles. The van der Waals surface area contributed by atoms with E-state index in [1.807, 2.05) is 43.3 Å². The highest BCUT2D eigenvalue weighted by Crippen LogP contribution is 2.42. The monoisotopic (exact) mass is 424 g/mol. The molecule has 1 heterocycles. The van der Waals surface area contributed by atoms with E-state index >= 15 is 0 Å². The summed E-state index contributed by atoms with van der Waals surface area (Å²) in [6, 6.07) is 16.0. The van der Waals surface area contributed by atoms with E-state index in [1.165, 1.54) is 5.56 Å². The fourth-order valence-corrected chi connectivity index (χ4v) is 3.41. The van der Waals surface area contributed by atoms with Crippen LogP contribution in [0.2, 0.25) is 0 Å². The van der Waals surface area contributed by atoms with Gasteiger partial charge in [-0.1, -0.05) is 51.0 Å². The number of aryl methyl sites for hydroxylation is 1. The smallest absolute Gasteiger partial charge is 0.274 e. The number of nitrogens with zero attached hydrogens (tertiary/aromatic N) is 3. The number of rotatable bonds is 5. The molecule has 1 fully saturated rings. The van der Waals surface area contributed by atoms with E-state index in [4.69, 9.17) is 0 Å². The van der Waals surface area contributed by atoms with Gasteiger partial charge in [-0.05, 0) is 56.5 Å². The molecule has 1 unspecified atom stereocenters. The summed E-state index contributed by atoms with van der Waals surface area (Å²) in [4.78, 5) is 12.9. The van der Waals surface area contributed by atoms with Crippen molar-refractivity contribution >= 4 is 21.8 Å². The maximum absolute atomic E-state index is 12.9. The van der Waals surface area contributed by atoms with Crippen LogP contribution in [0, 0.1) is 6.92 Å². The number of carbonyl (C=O) groups excluding carboxylic acids is 1. The van der Waals surface area contributed by atoms with E-state index in [0.29, 0.717) is 11.6 Å². The average Bonchev–Trinajstić information content (AvgIpc) is 3.41. The minimum atomic E-state index is -0.173. The first kappa shape index (κ1) is 17.9. The maximum Gasteiger partial charge on any atom is 0.274 e. The van der Waals surface area contributed by atoms with Crippen molar-refractivity contribution in [1.29, 1.82) is 0 Å². The molecule has 6 heteroatoms. The van der Waals surface area contributed by atoms with Gasteiger partial charge in [0.05, 0.1) is 17.4 Å². The van der Waals surface area contributed by atoms with E-state index < -0.39 is 0 Å². The lowest BCUT2D eigenvalue weighted by molar-refractivity contribution is 0.0933. The molecule has 1 aliphatic rings. The van der Waals surface area contributed by atoms with Crippen LogP contribution in [-0.4, -0.2) is 20.9 Å². The Balaban J connectivity index is 1.60. The lowest BCUT2D eigenvalue weighted by atomic mass is 10.1. The lowest BCUT2D eigenvalue weighted by Crippen LogP contribution is -2.28. The fourth-order valence-electron chi connectivity index (χ4n) is 3.15. The Hall–Kier alpha value is -2.47. The Morgan fingerprint density at radius 2 is 1.81 bits per heavy atom. The van der Waals surface area contributed by atoms with Gasteiger partial charge in [-0.3, -0.25) is 4.79 Å². The van der Waals surface area contributed by atoms with Crippen LogP contribution in [0.3, 0.4) is 0 Å². The summed E-state index contributed by atoms with van der Waals surface area (Å²) in [5.74, 6) is 0.174. The molecule has 5 nitrogen and oxygen atoms in total. The first-order valence-corrected chi connectivity index (χ1v) is 9.91. The van der Waals surface area contributed by atoms with Crippen LogP contribution in [0.15, 0.2) is 53.0 Å². The van der Waals surface area contributed by atoms with Crippen molar-refractivity contribution in [3.63, 3.8) is 0 Å². The van der Waals surface area contributed by atoms with Gasteiger partial charge < -0.3 is 5.32 Å². The first-order chi connectivity index (χ1) is 13.0. The molecule has 1 aliphatic carbocycles. The molecule has 0 aliphatic heterocycles. The van der Waals surface area contributed by atoms with Crippen molar-refractivity contribution in [3.05, 3.63) is 75.5 Å². The van der Waals surface area contributed by atoms with Crippen LogP contribution in [-0.2, 0) is 0 Å². The summed E-state index contributed by atoms with van der Waals surface area (Å²) in [6.45, 7) is 4.04. The molecule has 1 N–H and O–H groups in total. The third-order valence-corrected chi connectivity index (χ3v) is 5.41. The van der Waals surface area contributed by atoms with Crippen LogP contribution < -0.4 is 5.32 Å². The first-order valence-electron chi connectivity index (χ1n) is 9.12. The molecule has 0 spiro atoms. The molecule has 3 aromatic rings. The minimum absolute atomic E-state index is 0.0945. The van der Waals surface area contributed by atoms with Crippen molar-refractivity contribution in [3.8, 4) is 5.69 Å². The van der Waals surface area contributed by atoms with Crippen molar-refractivity contribution in [1.82, 2.24) is 20.3 Å². The van der Waals surface area contributed by atoms with E-state index in [-0.39, 0.29) is 11.9 Å². The van der Waals surface area contributed by atoms with E-state index in [1.54, 1.807) is 4.68 Å². The third-order valence-electron chi connectivity index (χ3n) is 4.88. The van der Waals surface area contributed by atoms with Gasteiger partial charge in [0, 0.05) is 10.4 Å². The van der Waals surface area contributed by atoms with Gasteiger partial charge in [0.25, 0.3) is 5.91 Å². The summed E-state index contributed by atoms with van der Waals surface area (Å²) < 4.78 is 2.81. The minimum Gasteiger partial charge on any atom is -0.344 e. The van der Waals surface area contributed by atoms with E-state index in [2.05, 4.69) is 50.6 Å². The van der Waals surface area contributed by atoms with E-state index in [9.17, 15) is 4.79 Å². The van der Waals surface area contributed by atoms with Crippen molar-refractivity contribution in [2.24, 2.45) is 0 Å². The highest BCUT2D eigenvalue weighted by molar-refractivity contribution is 9.10. The standard InChI is InChI=1S/C21H21BrN4O/c1-13-3-5-15(6-4-13)14(2)23-21(27)19-20(16-7-8-16)26(25-24-19)18-11-9-17(22)10-12-18/h3-6,9-12,14,16H,7-8H2,1-2H3,(H,23,27). The largest absolute Gasteiger partial charge is 0.344 e. The zero-order chi connectivity index (χ0) is 19.0. The van der Waals surface area contributed by atoms with Gasteiger partial charge in [0.2, 0.25) is 0 Å². The summed E-state index contributed by atoms with van der Waals surface area (Å²) >= 11 is 3.45. The third kappa shape index (κ3) is 3.81. The van der Waals surface area contributed by atoms with Gasteiger partial charge in [-0.2, -0.15) is 0 Å². The molecule has 0 radical (unpaired) electrons. The SMILES string of the molecule is Cc1ccc(C(C)NC(=O)c2nnn(-c3ccc(Br)cc3)c2C2CC2)cc1. The van der Waals surface area contributed by atoms with Gasteiger partial charge in [-0.25, -0.2) is 4.68 Å². The fraction of sp³-hybridized carbons (Fsp3) is 0.286. The maximum atomic E-state index is 12.9. The Kier molecular flexibility index (Phi) is 4.83. The van der Waals surface area contributed by atoms with Crippen LogP contribution in [0.25, 0.3) is 5.69 Å². The second-order valence-electron chi connectivity index (χ2n) is 7.09. The number of benzene rings is 2. The number of halogens is 1. The predicted octanol–water partition coefficient (Wildman–Crippen LogP) is 4.71. The molecule has 27 heavy (non-hydrogen) atoms. The van der Waals surface area contributed by atoms with Gasteiger partial charge in [0.1, 0.15) is 0 Å². The van der Waals surface area contributed by atoms with Crippen molar-refractivity contribution in [2.75, 3.05) is 0 Å². The molecule has 0 bridgehead atoms. The number of nitrogens with one attached hydrogen (secondary N) is 1. The zero-order valence-electron chi connectivity index (χ0n) is 15.3. The molecular weight excluding hydrogens is 404 g/mol. The lowest BCUT2D eigenvalue weighted by Gasteiger charge is -2.14. The zero-order valence-corrected chi connectivity index (χ0v) is 16.9. The van der Waals surface area contributed by atoms with Crippen LogP contribution >= 0.6 is 15.9 Å². The molecule has 1 amide bonds. The normalized spacial score (nSPS) is 14.8. The predicted molar refractivity (Wildman–Crippen MR) is 108 cm³/mol. The van der Waals surface area contributed by atoms with Crippen LogP contribution in [0.1, 0.15) is 59.0 Å². The Labute approximate surface area is 166 Å². The average molecular weight is 425 g/mol. The highest BCUT2D eigenvalue weighted by atomic mass is 79.9. The number of amides is 1. The van der Waals surface area contributed by atoms with Crippen LogP contribution in [0.4, 0.5) is 0 Å². The molecule has 2 aromatic carbocycles. The molecule has 138 valence electrons. The molecule has 1 atom stereocenters. The molecule has 4 rings (SSSR count). The summed E-state index contributed by atoms with van der Waals surface area (Å²) in [7, 11) is 0. The number of carbonyl (C=O) groups is 1. The summed E-state index contributed by atoms with van der Waals surface area (Å²) in [6.07, 6.45) is 2.13. The van der Waals surface area contributed by atoms with Crippen molar-refractivity contribution in [2.45, 2.75) is 38.6 Å². The number of aromatic nitrogens is 3. The highest BCUT2D eigenvalue weighted by Gasteiger charge is 2.34. The number of hydrogen-bond donors (Lipinski definition) is 1. The molecule has 1 aromatic heterocycles. The summed E-state index contributed by atoms with van der Waals surface area (Å²) in [5, 5.41) is 11.6. The summed E-state index contributed by atoms with van der Waals surface area (Å²) in [5.41, 5.74) is 4.52. The number of hydrogen-bond acceptors (Lipinski definition) is 3. The second-order valence-corrected chi connectivity index (χ2v) is 8.01. The van der Waals surface area contributed by atoms with Gasteiger partial charge >= 0.3 is 0 Å². The quantitative estimate of drug-likeness (QED) is 0.644. The van der Waals surface area contributed by atoms with Gasteiger partial charge in [-0.15, -0.1) is 5.10 Å². The topological polar surface area (TPSA) is 59.8 Å². The van der Waals surface area contributed by atoms with E-state index in [0.717, 1.165) is 34.3 Å². The Morgan fingerprint density at radius 3 is 2.44 bits per heavy atom. The molecular formula is C21H21BrN4O. The van der Waals surface area contributed by atoms with Crippen LogP contribution in [0.5, 0.6) is 0 Å².